The fourth-order valence-electron chi connectivity index (χ4n) is 3.63. The molecule has 3 rings (SSSR count). The number of aryl methyl sites for hydroxylation is 1. The molecule has 184 valence electrons. The standard InChI is InChI=1S/C22H24F3N3O5S/c1-2-32-20(31)21(22(23,24)25,27-16(29)12-33-13-8-4-3-5-9-13)28-19-17(18(26)30)14-10-6-7-11-15(14)34-19/h3-5,8-9,28H,2,6-7,10-12H2,1H3,(H2,26,30)(H,27,29)/t21-/m0/s1. The highest BCUT2D eigenvalue weighted by atomic mass is 32.1. The Labute approximate surface area is 197 Å². The molecule has 1 heterocycles. The molecule has 0 aliphatic heterocycles. The number of hydrogen-bond acceptors (Lipinski definition) is 7. The zero-order valence-corrected chi connectivity index (χ0v) is 19.1. The Hall–Kier alpha value is -3.28. The molecule has 0 saturated carbocycles. The molecule has 1 aromatic heterocycles. The lowest BCUT2D eigenvalue weighted by atomic mass is 9.95. The van der Waals surface area contributed by atoms with E-state index < -0.39 is 36.2 Å². The van der Waals surface area contributed by atoms with E-state index >= 15 is 0 Å². The molecule has 2 aromatic rings. The molecule has 0 bridgehead atoms. The summed E-state index contributed by atoms with van der Waals surface area (Å²) in [7, 11) is 0. The van der Waals surface area contributed by atoms with Crippen molar-refractivity contribution >= 4 is 34.1 Å². The normalized spacial score (nSPS) is 14.9. The van der Waals surface area contributed by atoms with E-state index in [-0.39, 0.29) is 22.9 Å². The number of esters is 1. The van der Waals surface area contributed by atoms with Gasteiger partial charge in [-0.3, -0.25) is 9.59 Å². The molecular weight excluding hydrogens is 475 g/mol. The van der Waals surface area contributed by atoms with Crippen molar-refractivity contribution in [2.24, 2.45) is 5.73 Å². The first-order valence-electron chi connectivity index (χ1n) is 10.5. The van der Waals surface area contributed by atoms with Crippen LogP contribution < -0.4 is 21.1 Å². The third-order valence-corrected chi connectivity index (χ3v) is 6.37. The maximum atomic E-state index is 14.4. The van der Waals surface area contributed by atoms with Gasteiger partial charge in [0.15, 0.2) is 6.61 Å². The highest BCUT2D eigenvalue weighted by Gasteiger charge is 2.64. The smallest absolute Gasteiger partial charge is 0.441 e. The third-order valence-electron chi connectivity index (χ3n) is 5.17. The molecule has 1 aliphatic rings. The van der Waals surface area contributed by atoms with Gasteiger partial charge in [0.05, 0.1) is 12.2 Å². The molecule has 0 radical (unpaired) electrons. The van der Waals surface area contributed by atoms with Crippen molar-refractivity contribution in [3.8, 4) is 5.75 Å². The van der Waals surface area contributed by atoms with Crippen molar-refractivity contribution in [1.82, 2.24) is 5.32 Å². The Morgan fingerprint density at radius 1 is 1.12 bits per heavy atom. The lowest BCUT2D eigenvalue weighted by Gasteiger charge is -2.35. The number of amides is 2. The average molecular weight is 500 g/mol. The summed E-state index contributed by atoms with van der Waals surface area (Å²) in [5.74, 6) is -3.69. The largest absolute Gasteiger partial charge is 0.484 e. The number of thiophene rings is 1. The van der Waals surface area contributed by atoms with Crippen molar-refractivity contribution in [2.45, 2.75) is 44.4 Å². The van der Waals surface area contributed by atoms with E-state index in [1.165, 1.54) is 19.1 Å². The summed E-state index contributed by atoms with van der Waals surface area (Å²) < 4.78 is 53.2. The monoisotopic (exact) mass is 499 g/mol. The number of alkyl halides is 3. The molecule has 34 heavy (non-hydrogen) atoms. The van der Waals surface area contributed by atoms with E-state index in [1.54, 1.807) is 23.5 Å². The lowest BCUT2D eigenvalue weighted by Crippen LogP contribution is -2.70. The highest BCUT2D eigenvalue weighted by Crippen LogP contribution is 2.42. The Morgan fingerprint density at radius 2 is 1.79 bits per heavy atom. The average Bonchev–Trinajstić information content (AvgIpc) is 3.15. The van der Waals surface area contributed by atoms with Crippen molar-refractivity contribution in [3.63, 3.8) is 0 Å². The molecule has 0 unspecified atom stereocenters. The number of fused-ring (bicyclic) bond motifs is 1. The predicted octanol–water partition coefficient (Wildman–Crippen LogP) is 3.15. The van der Waals surface area contributed by atoms with Crippen molar-refractivity contribution in [1.29, 1.82) is 0 Å². The van der Waals surface area contributed by atoms with Gasteiger partial charge in [0.25, 0.3) is 11.8 Å². The molecule has 1 aromatic carbocycles. The second-order valence-corrected chi connectivity index (χ2v) is 8.63. The number of nitrogens with two attached hydrogens (primary N) is 1. The van der Waals surface area contributed by atoms with Crippen molar-refractivity contribution in [3.05, 3.63) is 46.3 Å². The van der Waals surface area contributed by atoms with Crippen LogP contribution in [0.25, 0.3) is 0 Å². The maximum absolute atomic E-state index is 14.4. The minimum absolute atomic E-state index is 0.118. The predicted molar refractivity (Wildman–Crippen MR) is 119 cm³/mol. The number of benzene rings is 1. The first-order valence-corrected chi connectivity index (χ1v) is 11.4. The zero-order chi connectivity index (χ0) is 24.9. The Bertz CT molecular complexity index is 1060. The van der Waals surface area contributed by atoms with Crippen LogP contribution in [-0.2, 0) is 27.2 Å². The molecule has 4 N–H and O–H groups in total. The van der Waals surface area contributed by atoms with Crippen LogP contribution in [0.4, 0.5) is 18.2 Å². The first-order chi connectivity index (χ1) is 16.1. The van der Waals surface area contributed by atoms with Gasteiger partial charge in [-0.05, 0) is 50.3 Å². The molecule has 1 aliphatic carbocycles. The minimum atomic E-state index is -5.35. The van der Waals surface area contributed by atoms with Gasteiger partial charge in [-0.2, -0.15) is 13.2 Å². The van der Waals surface area contributed by atoms with E-state index in [9.17, 15) is 27.6 Å². The first kappa shape index (κ1) is 25.3. The number of carbonyl (C=O) groups is 3. The van der Waals surface area contributed by atoms with Gasteiger partial charge in [-0.15, -0.1) is 11.3 Å². The van der Waals surface area contributed by atoms with Gasteiger partial charge in [-0.25, -0.2) is 4.79 Å². The van der Waals surface area contributed by atoms with Gasteiger partial charge in [-0.1, -0.05) is 18.2 Å². The number of para-hydroxylation sites is 1. The Balaban J connectivity index is 1.98. The van der Waals surface area contributed by atoms with Crippen LogP contribution in [0, 0.1) is 0 Å². The summed E-state index contributed by atoms with van der Waals surface area (Å²) in [6.45, 7) is 0.156. The summed E-state index contributed by atoms with van der Waals surface area (Å²) in [6, 6.07) is 7.98. The van der Waals surface area contributed by atoms with Crippen molar-refractivity contribution in [2.75, 3.05) is 18.5 Å². The number of nitrogens with one attached hydrogen (secondary N) is 2. The highest BCUT2D eigenvalue weighted by molar-refractivity contribution is 7.16. The van der Waals surface area contributed by atoms with E-state index in [2.05, 4.69) is 10.1 Å². The molecular formula is C22H24F3N3O5S. The quantitative estimate of drug-likeness (QED) is 0.360. The number of carbonyl (C=O) groups excluding carboxylic acids is 3. The number of anilines is 1. The van der Waals surface area contributed by atoms with Crippen LogP contribution >= 0.6 is 11.3 Å². The summed E-state index contributed by atoms with van der Waals surface area (Å²) in [5, 5.41) is 3.53. The number of halogens is 3. The minimum Gasteiger partial charge on any atom is -0.484 e. The van der Waals surface area contributed by atoms with Crippen LogP contribution in [0.2, 0.25) is 0 Å². The lowest BCUT2D eigenvalue weighted by molar-refractivity contribution is -0.208. The number of primary amides is 1. The molecule has 0 saturated heterocycles. The van der Waals surface area contributed by atoms with E-state index in [4.69, 9.17) is 10.5 Å². The second kappa shape index (κ2) is 10.3. The fourth-order valence-corrected chi connectivity index (χ4v) is 4.98. The van der Waals surface area contributed by atoms with E-state index in [0.29, 0.717) is 23.3 Å². The number of ether oxygens (including phenoxy) is 2. The van der Waals surface area contributed by atoms with E-state index in [0.717, 1.165) is 24.2 Å². The summed E-state index contributed by atoms with van der Waals surface area (Å²) in [5.41, 5.74) is 2.26. The Kier molecular flexibility index (Phi) is 7.70. The zero-order valence-electron chi connectivity index (χ0n) is 18.3. The molecule has 1 atom stereocenters. The number of hydrogen-bond donors (Lipinski definition) is 3. The van der Waals surface area contributed by atoms with Crippen LogP contribution in [-0.4, -0.2) is 42.8 Å². The third kappa shape index (κ3) is 5.27. The van der Waals surface area contributed by atoms with Gasteiger partial charge < -0.3 is 25.8 Å². The summed E-state index contributed by atoms with van der Waals surface area (Å²) in [6.07, 6.45) is -2.75. The fraction of sp³-hybridized carbons (Fsp3) is 0.409. The van der Waals surface area contributed by atoms with Gasteiger partial charge in [0.2, 0.25) is 0 Å². The molecule has 2 amide bonds. The van der Waals surface area contributed by atoms with Gasteiger partial charge in [0, 0.05) is 4.88 Å². The summed E-state index contributed by atoms with van der Waals surface area (Å²) >= 11 is 0.904. The molecule has 8 nitrogen and oxygen atoms in total. The maximum Gasteiger partial charge on any atom is 0.441 e. The van der Waals surface area contributed by atoms with Crippen molar-refractivity contribution < 1.29 is 37.0 Å². The van der Waals surface area contributed by atoms with Crippen LogP contribution in [0.1, 0.15) is 40.6 Å². The van der Waals surface area contributed by atoms with Gasteiger partial charge in [0.1, 0.15) is 10.8 Å². The second-order valence-electron chi connectivity index (χ2n) is 7.52. The number of rotatable bonds is 9. The SMILES string of the molecule is CCOC(=O)[C@](NC(=O)COc1ccccc1)(Nc1sc2c(c1C(N)=O)CCCC2)C(F)(F)F. The molecule has 0 spiro atoms. The van der Waals surface area contributed by atoms with Crippen LogP contribution in [0.3, 0.4) is 0 Å². The molecule has 0 fully saturated rings. The van der Waals surface area contributed by atoms with Crippen LogP contribution in [0.5, 0.6) is 5.75 Å². The van der Waals surface area contributed by atoms with E-state index in [1.807, 2.05) is 0 Å². The van der Waals surface area contributed by atoms with Crippen LogP contribution in [0.15, 0.2) is 30.3 Å². The Morgan fingerprint density at radius 3 is 2.41 bits per heavy atom. The topological polar surface area (TPSA) is 120 Å². The molecule has 12 heteroatoms. The summed E-state index contributed by atoms with van der Waals surface area (Å²) in [4.78, 5) is 38.1. The van der Waals surface area contributed by atoms with Gasteiger partial charge >= 0.3 is 17.8 Å².